The number of halogens is 1. The summed E-state index contributed by atoms with van der Waals surface area (Å²) in [6, 6.07) is 0. The molecule has 0 aromatic rings. The highest BCUT2D eigenvalue weighted by Crippen LogP contribution is 1.85. The van der Waals surface area contributed by atoms with E-state index in [1.165, 1.54) is 0 Å². The third-order valence-electron chi connectivity index (χ3n) is 0.599. The van der Waals surface area contributed by atoms with Crippen LogP contribution in [0, 0.1) is 5.41 Å². The molecule has 0 saturated heterocycles. The molecule has 0 unspecified atom stereocenters. The van der Waals surface area contributed by atoms with Gasteiger partial charge in [-0.2, -0.15) is 0 Å². The lowest BCUT2D eigenvalue weighted by Gasteiger charge is -2.07. The number of nitrogens with one attached hydrogen (secondary N) is 2. The molecule has 3 nitrogen and oxygen atoms in total. The van der Waals surface area contributed by atoms with Gasteiger partial charge in [0.2, 0.25) is 0 Å². The van der Waals surface area contributed by atoms with E-state index in [-0.39, 0.29) is 0 Å². The molecule has 52 valence electrons. The Labute approximate surface area is 53.6 Å². The van der Waals surface area contributed by atoms with Gasteiger partial charge < -0.3 is 10.8 Å². The van der Waals surface area contributed by atoms with Crippen LogP contribution in [-0.2, 0) is 0 Å². The summed E-state index contributed by atoms with van der Waals surface area (Å²) in [6.07, 6.45) is 1.74. The van der Waals surface area contributed by atoms with Gasteiger partial charge in [0.15, 0.2) is 5.83 Å². The predicted molar refractivity (Wildman–Crippen MR) is 34.8 cm³/mol. The molecule has 0 aliphatic heterocycles. The fourth-order valence-corrected chi connectivity index (χ4v) is 0.232. The third kappa shape index (κ3) is 4.96. The van der Waals surface area contributed by atoms with Crippen molar-refractivity contribution in [1.82, 2.24) is 10.4 Å². The number of hydrogen-bond donors (Lipinski definition) is 2. The van der Waals surface area contributed by atoms with Crippen LogP contribution in [0.15, 0.2) is 12.0 Å². The molecular weight excluding hydrogens is 121 g/mol. The molecule has 0 aliphatic rings. The van der Waals surface area contributed by atoms with Crippen LogP contribution in [0.1, 0.15) is 0 Å². The van der Waals surface area contributed by atoms with Gasteiger partial charge >= 0.3 is 0 Å². The highest BCUT2D eigenvalue weighted by molar-refractivity contribution is 5.72. The maximum Gasteiger partial charge on any atom is 0.157 e. The minimum atomic E-state index is -0.594. The van der Waals surface area contributed by atoms with Crippen molar-refractivity contribution in [2.45, 2.75) is 0 Å². The van der Waals surface area contributed by atoms with E-state index >= 15 is 0 Å². The Balaban J connectivity index is 3.56. The Morgan fingerprint density at radius 2 is 2.22 bits per heavy atom. The lowest BCUT2D eigenvalue weighted by atomic mass is 10.6. The molecule has 0 radical (unpaired) electrons. The lowest BCUT2D eigenvalue weighted by Crippen LogP contribution is -2.25. The van der Waals surface area contributed by atoms with Gasteiger partial charge in [-0.15, -0.1) is 0 Å². The van der Waals surface area contributed by atoms with E-state index in [1.54, 1.807) is 19.1 Å². The zero-order valence-corrected chi connectivity index (χ0v) is 5.48. The van der Waals surface area contributed by atoms with Crippen molar-refractivity contribution in [3.8, 4) is 0 Å². The molecule has 0 rings (SSSR count). The van der Waals surface area contributed by atoms with Gasteiger partial charge in [-0.1, -0.05) is 0 Å². The van der Waals surface area contributed by atoms with Crippen molar-refractivity contribution in [2.75, 3.05) is 14.1 Å². The number of hydrogen-bond acceptors (Lipinski definition) is 3. The maximum absolute atomic E-state index is 12.0. The van der Waals surface area contributed by atoms with Gasteiger partial charge in [0.05, 0.1) is 12.4 Å². The van der Waals surface area contributed by atoms with E-state index in [2.05, 4.69) is 5.43 Å². The molecule has 0 fully saturated rings. The van der Waals surface area contributed by atoms with E-state index in [9.17, 15) is 4.39 Å². The molecule has 0 aromatic heterocycles. The van der Waals surface area contributed by atoms with Crippen molar-refractivity contribution >= 4 is 6.21 Å². The third-order valence-corrected chi connectivity index (χ3v) is 0.599. The Morgan fingerprint density at radius 1 is 1.67 bits per heavy atom. The van der Waals surface area contributed by atoms with Crippen LogP contribution >= 0.6 is 0 Å². The monoisotopic (exact) mass is 131 g/mol. The molecule has 0 aliphatic carbocycles. The predicted octanol–water partition coefficient (Wildman–Crippen LogP) is 0.513. The Kier molecular flexibility index (Phi) is 3.62. The van der Waals surface area contributed by atoms with Crippen molar-refractivity contribution in [3.63, 3.8) is 0 Å². The summed E-state index contributed by atoms with van der Waals surface area (Å²) in [5, 5.41) is 8.00. The molecule has 0 amide bonds. The van der Waals surface area contributed by atoms with E-state index in [0.29, 0.717) is 6.21 Å². The molecule has 9 heavy (non-hydrogen) atoms. The smallest absolute Gasteiger partial charge is 0.157 e. The second-order valence-electron chi connectivity index (χ2n) is 1.70. The zero-order valence-electron chi connectivity index (χ0n) is 5.48. The molecular formula is C5H10FN3. The number of nitrogens with zero attached hydrogens (tertiary/aromatic N) is 1. The van der Waals surface area contributed by atoms with Gasteiger partial charge in [-0.3, -0.25) is 0 Å². The van der Waals surface area contributed by atoms with Crippen molar-refractivity contribution in [1.29, 1.82) is 5.41 Å². The second kappa shape index (κ2) is 4.03. The summed E-state index contributed by atoms with van der Waals surface area (Å²) in [4.78, 5) is 0. The molecule has 0 spiro atoms. The fourth-order valence-electron chi connectivity index (χ4n) is 0.232. The van der Waals surface area contributed by atoms with E-state index in [1.807, 2.05) is 0 Å². The van der Waals surface area contributed by atoms with Crippen LogP contribution in [0.5, 0.6) is 0 Å². The summed E-state index contributed by atoms with van der Waals surface area (Å²) in [5.41, 5.74) is 2.54. The Hall–Kier alpha value is -0.900. The number of allylic oxidation sites excluding steroid dienone is 1. The molecule has 0 atom stereocenters. The second-order valence-corrected chi connectivity index (χ2v) is 1.70. The summed E-state index contributed by atoms with van der Waals surface area (Å²) in [6.45, 7) is 0. The van der Waals surface area contributed by atoms with Gasteiger partial charge in [-0.25, -0.2) is 9.40 Å². The van der Waals surface area contributed by atoms with Gasteiger partial charge in [0.25, 0.3) is 0 Å². The summed E-state index contributed by atoms with van der Waals surface area (Å²) >= 11 is 0. The molecule has 2 N–H and O–H groups in total. The maximum atomic E-state index is 12.0. The average molecular weight is 131 g/mol. The first-order valence-electron chi connectivity index (χ1n) is 2.46. The first-order chi connectivity index (χ1) is 4.16. The Bertz CT molecular complexity index is 119. The lowest BCUT2D eigenvalue weighted by molar-refractivity contribution is 0.339. The molecule has 0 saturated carbocycles. The number of hydrazine groups is 1. The molecule has 0 aromatic carbocycles. The van der Waals surface area contributed by atoms with Crippen LogP contribution in [0.2, 0.25) is 0 Å². The Morgan fingerprint density at radius 3 is 2.56 bits per heavy atom. The minimum Gasteiger partial charge on any atom is -0.324 e. The van der Waals surface area contributed by atoms with E-state index in [0.717, 1.165) is 6.20 Å². The van der Waals surface area contributed by atoms with Crippen LogP contribution in [-0.4, -0.2) is 25.3 Å². The quantitative estimate of drug-likeness (QED) is 0.432. The normalized spacial score (nSPS) is 11.8. The van der Waals surface area contributed by atoms with Gasteiger partial charge in [-0.05, 0) is 0 Å². The van der Waals surface area contributed by atoms with E-state index in [4.69, 9.17) is 5.41 Å². The van der Waals surface area contributed by atoms with Crippen molar-refractivity contribution < 1.29 is 4.39 Å². The summed E-state index contributed by atoms with van der Waals surface area (Å²) in [5.74, 6) is -0.594. The summed E-state index contributed by atoms with van der Waals surface area (Å²) < 4.78 is 12.0. The summed E-state index contributed by atoms with van der Waals surface area (Å²) in [7, 11) is 3.46. The van der Waals surface area contributed by atoms with Crippen LogP contribution in [0.3, 0.4) is 0 Å². The average Bonchev–Trinajstić information content (AvgIpc) is 1.83. The van der Waals surface area contributed by atoms with Crippen LogP contribution < -0.4 is 5.43 Å². The van der Waals surface area contributed by atoms with Crippen molar-refractivity contribution in [3.05, 3.63) is 12.0 Å². The number of rotatable bonds is 3. The standard InChI is InChI=1S/C5H10FN3/c1-9(2)8-4-5(6)3-7/h3-4,7-8H,1-2H3/b5-4+,7-3?. The SMILES string of the molecule is CN(C)N/C=C(/F)C=N. The molecule has 0 bridgehead atoms. The highest BCUT2D eigenvalue weighted by Gasteiger charge is 1.84. The topological polar surface area (TPSA) is 39.1 Å². The first kappa shape index (κ1) is 8.10. The fraction of sp³-hybridized carbons (Fsp3) is 0.400. The first-order valence-corrected chi connectivity index (χ1v) is 2.46. The highest BCUT2D eigenvalue weighted by atomic mass is 19.1. The van der Waals surface area contributed by atoms with Gasteiger partial charge in [0, 0.05) is 14.1 Å². The van der Waals surface area contributed by atoms with E-state index < -0.39 is 5.83 Å². The van der Waals surface area contributed by atoms with Crippen molar-refractivity contribution in [2.24, 2.45) is 0 Å². The minimum absolute atomic E-state index is 0.594. The largest absolute Gasteiger partial charge is 0.324 e. The zero-order chi connectivity index (χ0) is 7.28. The molecule has 4 heteroatoms. The van der Waals surface area contributed by atoms with Crippen LogP contribution in [0.4, 0.5) is 4.39 Å². The molecule has 0 heterocycles. The van der Waals surface area contributed by atoms with Gasteiger partial charge in [0.1, 0.15) is 0 Å². The van der Waals surface area contributed by atoms with Crippen LogP contribution in [0.25, 0.3) is 0 Å².